The van der Waals surface area contributed by atoms with Gasteiger partial charge in [0.2, 0.25) is 5.56 Å². The smallest absolute Gasteiger partial charge is 0.250 e. The molecule has 3 N–H and O–H groups in total. The Labute approximate surface area is 91.8 Å². The number of anilines is 1. The number of nitrogens with two attached hydrogens (primary N) is 1. The third-order valence-electron chi connectivity index (χ3n) is 2.38. The van der Waals surface area contributed by atoms with E-state index in [4.69, 9.17) is 15.2 Å². The van der Waals surface area contributed by atoms with Crippen molar-refractivity contribution in [2.45, 2.75) is 0 Å². The molecule has 0 atom stereocenters. The van der Waals surface area contributed by atoms with Gasteiger partial charge in [-0.2, -0.15) is 0 Å². The van der Waals surface area contributed by atoms with Crippen molar-refractivity contribution < 1.29 is 9.47 Å². The predicted octanol–water partition coefficient (Wildman–Crippen LogP) is 1.13. The van der Waals surface area contributed by atoms with Crippen LogP contribution < -0.4 is 20.8 Å². The van der Waals surface area contributed by atoms with E-state index >= 15 is 0 Å². The van der Waals surface area contributed by atoms with E-state index in [-0.39, 0.29) is 5.56 Å². The van der Waals surface area contributed by atoms with Gasteiger partial charge in [-0.3, -0.25) is 4.79 Å². The van der Waals surface area contributed by atoms with Crippen LogP contribution in [0, 0.1) is 0 Å². The van der Waals surface area contributed by atoms with Crippen molar-refractivity contribution in [3.63, 3.8) is 0 Å². The molecule has 0 aliphatic rings. The second kappa shape index (κ2) is 3.77. The van der Waals surface area contributed by atoms with Crippen LogP contribution in [0.1, 0.15) is 0 Å². The van der Waals surface area contributed by atoms with E-state index in [0.29, 0.717) is 22.7 Å². The third kappa shape index (κ3) is 1.56. The average Bonchev–Trinajstić information content (AvgIpc) is 2.27. The van der Waals surface area contributed by atoms with E-state index in [9.17, 15) is 4.79 Å². The number of aromatic amines is 1. The fraction of sp³-hybridized carbons (Fsp3) is 0.182. The zero-order valence-electron chi connectivity index (χ0n) is 9.03. The largest absolute Gasteiger partial charge is 0.493 e. The standard InChI is InChI=1S/C11H12N2O3/c1-15-9-3-6-7(12)4-11(14)13-8(6)5-10(9)16-2/h3-5H,1-2H3,(H3,12,13,14). The SMILES string of the molecule is COc1cc2[nH]c(=O)cc(N)c2cc1OC. The van der Waals surface area contributed by atoms with E-state index in [1.807, 2.05) is 0 Å². The molecule has 0 saturated heterocycles. The molecule has 0 aliphatic carbocycles. The van der Waals surface area contributed by atoms with Crippen LogP contribution in [0.4, 0.5) is 5.69 Å². The van der Waals surface area contributed by atoms with Crippen molar-refractivity contribution in [2.75, 3.05) is 20.0 Å². The normalized spacial score (nSPS) is 10.4. The zero-order valence-corrected chi connectivity index (χ0v) is 9.03. The maximum Gasteiger partial charge on any atom is 0.250 e. The summed E-state index contributed by atoms with van der Waals surface area (Å²) < 4.78 is 10.3. The van der Waals surface area contributed by atoms with Crippen LogP contribution in [0.5, 0.6) is 11.5 Å². The second-order valence-electron chi connectivity index (χ2n) is 3.34. The molecule has 0 bridgehead atoms. The van der Waals surface area contributed by atoms with Crippen molar-refractivity contribution in [3.8, 4) is 11.5 Å². The molecule has 1 aromatic carbocycles. The van der Waals surface area contributed by atoms with Crippen LogP contribution in [0.15, 0.2) is 23.0 Å². The second-order valence-corrected chi connectivity index (χ2v) is 3.34. The summed E-state index contributed by atoms with van der Waals surface area (Å²) in [5.74, 6) is 1.13. The zero-order chi connectivity index (χ0) is 11.7. The molecule has 5 nitrogen and oxygen atoms in total. The molecule has 0 spiro atoms. The van der Waals surface area contributed by atoms with E-state index in [1.165, 1.54) is 13.2 Å². The van der Waals surface area contributed by atoms with Gasteiger partial charge in [-0.25, -0.2) is 0 Å². The number of hydrogen-bond donors (Lipinski definition) is 2. The first-order valence-corrected chi connectivity index (χ1v) is 4.70. The molecule has 2 rings (SSSR count). The summed E-state index contributed by atoms with van der Waals surface area (Å²) in [5.41, 5.74) is 6.56. The number of benzene rings is 1. The number of rotatable bonds is 2. The van der Waals surface area contributed by atoms with Crippen LogP contribution in [-0.2, 0) is 0 Å². The molecule has 0 aliphatic heterocycles. The van der Waals surface area contributed by atoms with Crippen LogP contribution in [0.2, 0.25) is 0 Å². The number of nitrogens with one attached hydrogen (secondary N) is 1. The van der Waals surface area contributed by atoms with Gasteiger partial charge in [-0.1, -0.05) is 0 Å². The lowest BCUT2D eigenvalue weighted by molar-refractivity contribution is 0.356. The molecule has 2 aromatic rings. The van der Waals surface area contributed by atoms with Crippen molar-refractivity contribution in [1.82, 2.24) is 4.98 Å². The lowest BCUT2D eigenvalue weighted by atomic mass is 10.1. The highest BCUT2D eigenvalue weighted by atomic mass is 16.5. The Kier molecular flexibility index (Phi) is 2.44. The third-order valence-corrected chi connectivity index (χ3v) is 2.38. The Balaban J connectivity index is 2.83. The number of aromatic nitrogens is 1. The Morgan fingerprint density at radius 1 is 1.12 bits per heavy atom. The van der Waals surface area contributed by atoms with Crippen LogP contribution in [0.3, 0.4) is 0 Å². The summed E-state index contributed by atoms with van der Waals surface area (Å²) in [6, 6.07) is 4.76. The summed E-state index contributed by atoms with van der Waals surface area (Å²) in [6.07, 6.45) is 0. The first-order valence-electron chi connectivity index (χ1n) is 4.70. The Hall–Kier alpha value is -2.17. The first-order chi connectivity index (χ1) is 7.65. The predicted molar refractivity (Wildman–Crippen MR) is 62.1 cm³/mol. The van der Waals surface area contributed by atoms with Gasteiger partial charge in [0.1, 0.15) is 0 Å². The van der Waals surface area contributed by atoms with E-state index in [1.54, 1.807) is 19.2 Å². The van der Waals surface area contributed by atoms with Gasteiger partial charge in [-0.15, -0.1) is 0 Å². The molecule has 0 amide bonds. The van der Waals surface area contributed by atoms with Gasteiger partial charge < -0.3 is 20.2 Å². The average molecular weight is 220 g/mol. The summed E-state index contributed by atoms with van der Waals surface area (Å²) in [6.45, 7) is 0. The maximum atomic E-state index is 11.3. The molecule has 16 heavy (non-hydrogen) atoms. The molecule has 0 unspecified atom stereocenters. The summed E-state index contributed by atoms with van der Waals surface area (Å²) in [7, 11) is 3.08. The fourth-order valence-corrected chi connectivity index (χ4v) is 1.61. The molecule has 0 radical (unpaired) electrons. The minimum atomic E-state index is -0.239. The monoisotopic (exact) mass is 220 g/mol. The molecule has 0 fully saturated rings. The van der Waals surface area contributed by atoms with Gasteiger partial charge >= 0.3 is 0 Å². The van der Waals surface area contributed by atoms with Gasteiger partial charge in [0.05, 0.1) is 19.7 Å². The molecule has 0 saturated carbocycles. The highest BCUT2D eigenvalue weighted by molar-refractivity contribution is 5.92. The Morgan fingerprint density at radius 2 is 1.75 bits per heavy atom. The van der Waals surface area contributed by atoms with E-state index in [2.05, 4.69) is 4.98 Å². The highest BCUT2D eigenvalue weighted by Gasteiger charge is 2.08. The fourth-order valence-electron chi connectivity index (χ4n) is 1.61. The van der Waals surface area contributed by atoms with Crippen molar-refractivity contribution in [1.29, 1.82) is 0 Å². The molecule has 1 heterocycles. The number of fused-ring (bicyclic) bond motifs is 1. The quantitative estimate of drug-likeness (QED) is 0.795. The van der Waals surface area contributed by atoms with Crippen molar-refractivity contribution >= 4 is 16.6 Å². The molecule has 84 valence electrons. The Morgan fingerprint density at radius 3 is 2.38 bits per heavy atom. The topological polar surface area (TPSA) is 77.3 Å². The van der Waals surface area contributed by atoms with Crippen LogP contribution in [0.25, 0.3) is 10.9 Å². The molecular formula is C11H12N2O3. The van der Waals surface area contributed by atoms with Gasteiger partial charge in [0.15, 0.2) is 11.5 Å². The lowest BCUT2D eigenvalue weighted by Crippen LogP contribution is -2.06. The lowest BCUT2D eigenvalue weighted by Gasteiger charge is -2.09. The summed E-state index contributed by atoms with van der Waals surface area (Å²) >= 11 is 0. The van der Waals surface area contributed by atoms with E-state index < -0.39 is 0 Å². The number of methoxy groups -OCH3 is 2. The number of H-pyrrole nitrogens is 1. The number of pyridine rings is 1. The highest BCUT2D eigenvalue weighted by Crippen LogP contribution is 2.32. The van der Waals surface area contributed by atoms with Crippen molar-refractivity contribution in [2.24, 2.45) is 0 Å². The van der Waals surface area contributed by atoms with E-state index in [0.717, 1.165) is 5.39 Å². The first kappa shape index (κ1) is 10.4. The minimum absolute atomic E-state index is 0.239. The summed E-state index contributed by atoms with van der Waals surface area (Å²) in [4.78, 5) is 13.9. The molecule has 1 aromatic heterocycles. The van der Waals surface area contributed by atoms with Crippen LogP contribution >= 0.6 is 0 Å². The number of ether oxygens (including phenoxy) is 2. The summed E-state index contributed by atoms with van der Waals surface area (Å²) in [5, 5.41) is 0.734. The van der Waals surface area contributed by atoms with Gasteiger partial charge in [0, 0.05) is 23.2 Å². The molecule has 5 heteroatoms. The Bertz CT molecular complexity index is 590. The van der Waals surface area contributed by atoms with Crippen molar-refractivity contribution in [3.05, 3.63) is 28.6 Å². The van der Waals surface area contributed by atoms with Gasteiger partial charge in [0.25, 0.3) is 0 Å². The van der Waals surface area contributed by atoms with Gasteiger partial charge in [-0.05, 0) is 6.07 Å². The van der Waals surface area contributed by atoms with Crippen LogP contribution in [-0.4, -0.2) is 19.2 Å². The maximum absolute atomic E-state index is 11.3. The number of hydrogen-bond acceptors (Lipinski definition) is 4. The number of nitrogen functional groups attached to an aromatic ring is 1. The minimum Gasteiger partial charge on any atom is -0.493 e. The molecular weight excluding hydrogens is 208 g/mol.